The van der Waals surface area contributed by atoms with Gasteiger partial charge in [0.1, 0.15) is 6.33 Å². The van der Waals surface area contributed by atoms with Crippen molar-refractivity contribution in [2.24, 2.45) is 0 Å². The van der Waals surface area contributed by atoms with Gasteiger partial charge in [-0.1, -0.05) is 12.1 Å². The minimum Gasteiger partial charge on any atom is -0.378 e. The second kappa shape index (κ2) is 12.8. The molecule has 2 atom stereocenters. The van der Waals surface area contributed by atoms with E-state index in [0.29, 0.717) is 72.5 Å². The Labute approximate surface area is 272 Å². The molecule has 47 heavy (non-hydrogen) atoms. The Kier molecular flexibility index (Phi) is 9.08. The molecule has 12 nitrogen and oxygen atoms in total. The summed E-state index contributed by atoms with van der Waals surface area (Å²) in [6, 6.07) is 6.58. The molecule has 16 heteroatoms. The first-order chi connectivity index (χ1) is 22.2. The fourth-order valence-electron chi connectivity index (χ4n) is 6.44. The molecule has 0 amide bonds. The van der Waals surface area contributed by atoms with Crippen LogP contribution in [0.3, 0.4) is 0 Å². The van der Waals surface area contributed by atoms with Crippen LogP contribution >= 0.6 is 0 Å². The van der Waals surface area contributed by atoms with Gasteiger partial charge in [0.2, 0.25) is 0 Å². The van der Waals surface area contributed by atoms with E-state index in [4.69, 9.17) is 14.8 Å². The number of halogens is 3. The van der Waals surface area contributed by atoms with E-state index in [9.17, 15) is 21.6 Å². The molecule has 2 fully saturated rings. The van der Waals surface area contributed by atoms with Crippen LogP contribution in [0.1, 0.15) is 41.9 Å². The molecular formula is C31H40F3N9O3S. The third kappa shape index (κ3) is 6.74. The molecule has 0 bridgehead atoms. The third-order valence-corrected chi connectivity index (χ3v) is 10.4. The van der Waals surface area contributed by atoms with Gasteiger partial charge >= 0.3 is 16.4 Å². The summed E-state index contributed by atoms with van der Waals surface area (Å²) < 4.78 is 77.1. The number of aromatic nitrogens is 5. The molecule has 1 aromatic carbocycles. The average molecular weight is 676 g/mol. The Balaban J connectivity index is 1.55. The van der Waals surface area contributed by atoms with Gasteiger partial charge in [0, 0.05) is 71.5 Å². The predicted molar refractivity (Wildman–Crippen MR) is 172 cm³/mol. The van der Waals surface area contributed by atoms with Crippen molar-refractivity contribution in [3.63, 3.8) is 0 Å². The van der Waals surface area contributed by atoms with Gasteiger partial charge in [0.15, 0.2) is 11.5 Å². The van der Waals surface area contributed by atoms with Gasteiger partial charge in [-0.3, -0.25) is 4.90 Å². The number of alkyl halides is 3. The van der Waals surface area contributed by atoms with E-state index >= 15 is 0 Å². The number of nitrogens with one attached hydrogen (secondary N) is 1. The Morgan fingerprint density at radius 3 is 2.47 bits per heavy atom. The van der Waals surface area contributed by atoms with Crippen LogP contribution in [0.2, 0.25) is 0 Å². The lowest BCUT2D eigenvalue weighted by atomic mass is 9.97. The highest BCUT2D eigenvalue weighted by atomic mass is 32.2. The molecule has 4 aromatic rings. The minimum absolute atomic E-state index is 0.155. The van der Waals surface area contributed by atoms with Crippen LogP contribution in [0, 0.1) is 6.92 Å². The van der Waals surface area contributed by atoms with Crippen LogP contribution < -0.4 is 10.2 Å². The third-order valence-electron chi connectivity index (χ3n) is 8.76. The lowest BCUT2D eigenvalue weighted by Gasteiger charge is -2.35. The Hall–Kier alpha value is -3.57. The van der Waals surface area contributed by atoms with Gasteiger partial charge in [-0.05, 0) is 44.0 Å². The summed E-state index contributed by atoms with van der Waals surface area (Å²) >= 11 is 0. The van der Waals surface area contributed by atoms with Crippen LogP contribution in [-0.4, -0.2) is 107 Å². The zero-order valence-corrected chi connectivity index (χ0v) is 27.9. The molecule has 0 spiro atoms. The van der Waals surface area contributed by atoms with Crippen molar-refractivity contribution in [3.05, 3.63) is 64.9 Å². The smallest absolute Gasteiger partial charge is 0.378 e. The summed E-state index contributed by atoms with van der Waals surface area (Å²) in [5.74, 6) is 0.608. The number of nitrogens with zero attached hydrogens (tertiary/aromatic N) is 8. The van der Waals surface area contributed by atoms with Crippen LogP contribution in [0.5, 0.6) is 0 Å². The Morgan fingerprint density at radius 1 is 1.11 bits per heavy atom. The molecule has 2 aliphatic heterocycles. The SMILES string of the molecule is Cc1c(Cc2c(CN3CC(C)NC(C)C3)nc3c(-c4cn(S(=O)(=O)N(C)C)cn4)cc(N4CCOCC4)nn23)cccc1C(F)(F)F. The molecule has 2 aliphatic rings. The molecule has 0 saturated carbocycles. The van der Waals surface area contributed by atoms with E-state index in [-0.39, 0.29) is 24.1 Å². The summed E-state index contributed by atoms with van der Waals surface area (Å²) in [5, 5.41) is 8.56. The van der Waals surface area contributed by atoms with Crippen molar-refractivity contribution in [1.82, 2.24) is 38.1 Å². The molecule has 1 N–H and O–H groups in total. The topological polar surface area (TPSA) is 113 Å². The summed E-state index contributed by atoms with van der Waals surface area (Å²) in [5.41, 5.74) is 2.73. The normalized spacial score (nSPS) is 20.1. The van der Waals surface area contributed by atoms with Gasteiger partial charge in [0.25, 0.3) is 0 Å². The number of rotatable bonds is 8. The fourth-order valence-corrected chi connectivity index (χ4v) is 7.22. The van der Waals surface area contributed by atoms with E-state index in [1.807, 2.05) is 6.07 Å². The van der Waals surface area contributed by atoms with E-state index in [1.54, 1.807) is 10.6 Å². The lowest BCUT2D eigenvalue weighted by molar-refractivity contribution is -0.138. The number of morpholine rings is 1. The zero-order chi connectivity index (χ0) is 33.7. The quantitative estimate of drug-likeness (QED) is 0.301. The number of piperazine rings is 1. The Morgan fingerprint density at radius 2 is 1.81 bits per heavy atom. The highest BCUT2D eigenvalue weighted by Gasteiger charge is 2.33. The molecule has 0 radical (unpaired) electrons. The van der Waals surface area contributed by atoms with Gasteiger partial charge in [-0.25, -0.2) is 18.5 Å². The number of fused-ring (bicyclic) bond motifs is 1. The minimum atomic E-state index is -4.49. The van der Waals surface area contributed by atoms with E-state index in [1.165, 1.54) is 39.6 Å². The number of anilines is 1. The number of benzene rings is 1. The van der Waals surface area contributed by atoms with E-state index < -0.39 is 21.9 Å². The van der Waals surface area contributed by atoms with Crippen molar-refractivity contribution in [3.8, 4) is 11.3 Å². The van der Waals surface area contributed by atoms with E-state index in [0.717, 1.165) is 27.4 Å². The molecule has 5 heterocycles. The predicted octanol–water partition coefficient (Wildman–Crippen LogP) is 3.18. The highest BCUT2D eigenvalue weighted by Crippen LogP contribution is 2.35. The second-order valence-electron chi connectivity index (χ2n) is 12.6. The first kappa shape index (κ1) is 33.3. The molecule has 2 saturated heterocycles. The van der Waals surface area contributed by atoms with Crippen molar-refractivity contribution in [2.45, 2.75) is 52.0 Å². The van der Waals surface area contributed by atoms with Crippen LogP contribution in [0.4, 0.5) is 19.0 Å². The lowest BCUT2D eigenvalue weighted by Crippen LogP contribution is -2.53. The average Bonchev–Trinajstić information content (AvgIpc) is 3.63. The first-order valence-corrected chi connectivity index (χ1v) is 17.0. The number of hydrogen-bond donors (Lipinski definition) is 1. The first-order valence-electron chi connectivity index (χ1n) is 15.6. The zero-order valence-electron chi connectivity index (χ0n) is 27.1. The van der Waals surface area contributed by atoms with E-state index in [2.05, 4.69) is 33.9 Å². The number of hydrogen-bond acceptors (Lipinski definition) is 9. The summed E-state index contributed by atoms with van der Waals surface area (Å²) in [4.78, 5) is 13.9. The second-order valence-corrected chi connectivity index (χ2v) is 14.6. The van der Waals surface area contributed by atoms with Crippen molar-refractivity contribution in [2.75, 3.05) is 58.4 Å². The maximum Gasteiger partial charge on any atom is 0.416 e. The van der Waals surface area contributed by atoms with Crippen molar-refractivity contribution in [1.29, 1.82) is 0 Å². The fraction of sp³-hybridized carbons (Fsp3) is 0.516. The van der Waals surface area contributed by atoms with Gasteiger partial charge in [0.05, 0.1) is 41.4 Å². The highest BCUT2D eigenvalue weighted by molar-refractivity contribution is 7.87. The van der Waals surface area contributed by atoms with Gasteiger partial charge < -0.3 is 15.0 Å². The van der Waals surface area contributed by atoms with Crippen LogP contribution in [0.15, 0.2) is 36.8 Å². The standard InChI is InChI=1S/C31H40F3N9O3S/c1-20-15-40(16-21(2)36-20)17-27-28(13-23-7-6-8-25(22(23)3)31(32,33)34)43-30(37-27)24(14-29(38-43)41-9-11-46-12-10-41)26-18-42(19-35-26)47(44,45)39(4)5/h6-8,14,18-21,36H,9-13,15-17H2,1-5H3. The Bertz CT molecular complexity index is 1860. The molecule has 3 aromatic heterocycles. The van der Waals surface area contributed by atoms with Gasteiger partial charge in [-0.15, -0.1) is 5.10 Å². The molecule has 2 unspecified atom stereocenters. The van der Waals surface area contributed by atoms with Gasteiger partial charge in [-0.2, -0.15) is 25.9 Å². The van der Waals surface area contributed by atoms with Crippen molar-refractivity contribution >= 4 is 21.7 Å². The maximum absolute atomic E-state index is 13.9. The van der Waals surface area contributed by atoms with Crippen LogP contribution in [-0.2, 0) is 34.1 Å². The number of ether oxygens (including phenoxy) is 1. The molecule has 6 rings (SSSR count). The largest absolute Gasteiger partial charge is 0.416 e. The van der Waals surface area contributed by atoms with Crippen molar-refractivity contribution < 1.29 is 26.3 Å². The molecular weight excluding hydrogens is 635 g/mol. The molecule has 254 valence electrons. The summed E-state index contributed by atoms with van der Waals surface area (Å²) in [6.45, 7) is 9.92. The number of imidazole rings is 2. The molecule has 0 aliphatic carbocycles. The maximum atomic E-state index is 13.9. The monoisotopic (exact) mass is 675 g/mol. The summed E-state index contributed by atoms with van der Waals surface area (Å²) in [7, 11) is -0.946. The van der Waals surface area contributed by atoms with Crippen LogP contribution in [0.25, 0.3) is 16.9 Å². The summed E-state index contributed by atoms with van der Waals surface area (Å²) in [6.07, 6.45) is -1.64.